The van der Waals surface area contributed by atoms with Crippen molar-refractivity contribution >= 4 is 23.1 Å². The number of nitrogens with zero attached hydrogens (tertiary/aromatic N) is 7. The molecule has 0 bridgehead atoms. The predicted molar refractivity (Wildman–Crippen MR) is 117 cm³/mol. The second-order valence-corrected chi connectivity index (χ2v) is 8.55. The summed E-state index contributed by atoms with van der Waals surface area (Å²) in [4.78, 5) is 30.4. The highest BCUT2D eigenvalue weighted by atomic mass is 16.5. The number of rotatable bonds is 4. The molecular formula is C21H21N9O3. The lowest BCUT2D eigenvalue weighted by molar-refractivity contribution is -0.118. The van der Waals surface area contributed by atoms with Crippen LogP contribution in [0.2, 0.25) is 0 Å². The fourth-order valence-corrected chi connectivity index (χ4v) is 3.30. The minimum Gasteiger partial charge on any atom is -0.482 e. The zero-order chi connectivity index (χ0) is 23.2. The Balaban J connectivity index is 1.40. The van der Waals surface area contributed by atoms with Crippen LogP contribution in [-0.2, 0) is 16.9 Å². The molecule has 1 aliphatic heterocycles. The van der Waals surface area contributed by atoms with Crippen LogP contribution in [0.4, 0.5) is 5.69 Å². The Kier molecular flexibility index (Phi) is 4.77. The van der Waals surface area contributed by atoms with Crippen LogP contribution >= 0.6 is 0 Å². The monoisotopic (exact) mass is 447 g/mol. The number of hydrogen-bond acceptors (Lipinski definition) is 8. The zero-order valence-electron chi connectivity index (χ0n) is 18.2. The molecular weight excluding hydrogens is 426 g/mol. The SMILES string of the molecule is CC(C)(C)n1nnc(-c2cc(C(=O)NCc3ccc4c(c3)NC(=O)CO4)nc3ccnn23)n1. The summed E-state index contributed by atoms with van der Waals surface area (Å²) in [7, 11) is 0. The second-order valence-electron chi connectivity index (χ2n) is 8.55. The molecule has 2 N–H and O–H groups in total. The van der Waals surface area contributed by atoms with Crippen molar-refractivity contribution in [3.05, 3.63) is 47.8 Å². The minimum absolute atomic E-state index is 0.00741. The molecule has 168 valence electrons. The number of carbonyl (C=O) groups excluding carboxylic acids is 2. The molecule has 4 aromatic rings. The van der Waals surface area contributed by atoms with Gasteiger partial charge in [-0.2, -0.15) is 9.90 Å². The maximum Gasteiger partial charge on any atom is 0.270 e. The van der Waals surface area contributed by atoms with Gasteiger partial charge in [0.2, 0.25) is 5.82 Å². The highest BCUT2D eigenvalue weighted by molar-refractivity contribution is 5.95. The van der Waals surface area contributed by atoms with Crippen LogP contribution in [0.25, 0.3) is 17.2 Å². The van der Waals surface area contributed by atoms with E-state index in [9.17, 15) is 9.59 Å². The molecule has 3 aromatic heterocycles. The molecule has 0 spiro atoms. The normalized spacial score (nSPS) is 13.4. The minimum atomic E-state index is -0.374. The van der Waals surface area contributed by atoms with E-state index in [1.165, 1.54) is 4.80 Å². The third-order valence-electron chi connectivity index (χ3n) is 4.96. The Morgan fingerprint density at radius 1 is 1.24 bits per heavy atom. The molecule has 1 aliphatic rings. The van der Waals surface area contributed by atoms with Crippen molar-refractivity contribution in [2.45, 2.75) is 32.9 Å². The van der Waals surface area contributed by atoms with E-state index in [1.54, 1.807) is 35.0 Å². The van der Waals surface area contributed by atoms with Gasteiger partial charge in [0.25, 0.3) is 11.8 Å². The smallest absolute Gasteiger partial charge is 0.270 e. The standard InChI is InChI=1S/C21H21N9O3/c1-21(2,3)30-27-19(26-28-30)15-9-14(24-17-6-7-23-29(15)17)20(32)22-10-12-4-5-16-13(8-12)25-18(31)11-33-16/h4-9H,10-11H2,1-3H3,(H,22,32)(H,25,31). The van der Waals surface area contributed by atoms with Gasteiger partial charge in [0.15, 0.2) is 12.3 Å². The Morgan fingerprint density at radius 3 is 2.88 bits per heavy atom. The molecule has 0 radical (unpaired) electrons. The van der Waals surface area contributed by atoms with E-state index >= 15 is 0 Å². The number of aromatic nitrogens is 7. The third-order valence-corrected chi connectivity index (χ3v) is 4.96. The van der Waals surface area contributed by atoms with Crippen molar-refractivity contribution in [1.82, 2.24) is 40.1 Å². The fourth-order valence-electron chi connectivity index (χ4n) is 3.30. The van der Waals surface area contributed by atoms with Crippen LogP contribution < -0.4 is 15.4 Å². The average Bonchev–Trinajstić information content (AvgIpc) is 3.46. The third kappa shape index (κ3) is 3.97. The van der Waals surface area contributed by atoms with Gasteiger partial charge in [0.1, 0.15) is 17.1 Å². The number of fused-ring (bicyclic) bond motifs is 2. The van der Waals surface area contributed by atoms with E-state index in [4.69, 9.17) is 4.74 Å². The van der Waals surface area contributed by atoms with Gasteiger partial charge in [-0.1, -0.05) is 6.07 Å². The highest BCUT2D eigenvalue weighted by Crippen LogP contribution is 2.28. The molecule has 0 fully saturated rings. The summed E-state index contributed by atoms with van der Waals surface area (Å²) in [6.45, 7) is 6.12. The number of tetrazole rings is 1. The number of nitrogens with one attached hydrogen (secondary N) is 2. The molecule has 0 atom stereocenters. The van der Waals surface area contributed by atoms with Crippen molar-refractivity contribution in [2.24, 2.45) is 0 Å². The Hall–Kier alpha value is -4.35. The number of benzene rings is 1. The largest absolute Gasteiger partial charge is 0.482 e. The molecule has 2 amide bonds. The summed E-state index contributed by atoms with van der Waals surface area (Å²) in [5.74, 6) is 0.339. The summed E-state index contributed by atoms with van der Waals surface area (Å²) in [5, 5.41) is 22.6. The van der Waals surface area contributed by atoms with Gasteiger partial charge in [0, 0.05) is 12.6 Å². The summed E-state index contributed by atoms with van der Waals surface area (Å²) < 4.78 is 6.92. The van der Waals surface area contributed by atoms with Crippen LogP contribution in [0.5, 0.6) is 5.75 Å². The van der Waals surface area contributed by atoms with Gasteiger partial charge < -0.3 is 15.4 Å². The van der Waals surface area contributed by atoms with Crippen LogP contribution in [0, 0.1) is 0 Å². The van der Waals surface area contributed by atoms with Crippen LogP contribution in [0.15, 0.2) is 36.5 Å². The number of amides is 2. The first-order valence-corrected chi connectivity index (χ1v) is 10.3. The molecule has 1 aromatic carbocycles. The van der Waals surface area contributed by atoms with E-state index in [0.29, 0.717) is 28.6 Å². The van der Waals surface area contributed by atoms with Crippen LogP contribution in [0.3, 0.4) is 0 Å². The highest BCUT2D eigenvalue weighted by Gasteiger charge is 2.21. The molecule has 12 heteroatoms. The summed E-state index contributed by atoms with van der Waals surface area (Å²) >= 11 is 0. The van der Waals surface area contributed by atoms with Gasteiger partial charge in [-0.25, -0.2) is 9.50 Å². The lowest BCUT2D eigenvalue weighted by Crippen LogP contribution is -2.26. The van der Waals surface area contributed by atoms with E-state index in [-0.39, 0.29) is 36.2 Å². The maximum absolute atomic E-state index is 12.9. The summed E-state index contributed by atoms with van der Waals surface area (Å²) in [6, 6.07) is 8.63. The average molecular weight is 447 g/mol. The topological polar surface area (TPSA) is 141 Å². The second kappa shape index (κ2) is 7.65. The van der Waals surface area contributed by atoms with Crippen molar-refractivity contribution in [2.75, 3.05) is 11.9 Å². The number of anilines is 1. The summed E-state index contributed by atoms with van der Waals surface area (Å²) in [5.41, 5.74) is 2.21. The van der Waals surface area contributed by atoms with Crippen molar-refractivity contribution in [3.63, 3.8) is 0 Å². The molecule has 12 nitrogen and oxygen atoms in total. The Bertz CT molecular complexity index is 1380. The van der Waals surface area contributed by atoms with Gasteiger partial charge in [0.05, 0.1) is 17.4 Å². The molecule has 4 heterocycles. The molecule has 33 heavy (non-hydrogen) atoms. The van der Waals surface area contributed by atoms with Gasteiger partial charge in [-0.15, -0.1) is 10.2 Å². The van der Waals surface area contributed by atoms with E-state index in [0.717, 1.165) is 5.56 Å². The van der Waals surface area contributed by atoms with E-state index < -0.39 is 0 Å². The maximum atomic E-state index is 12.9. The van der Waals surface area contributed by atoms with Gasteiger partial charge >= 0.3 is 0 Å². The Morgan fingerprint density at radius 2 is 2.09 bits per heavy atom. The fraction of sp³-hybridized carbons (Fsp3) is 0.286. The first-order chi connectivity index (χ1) is 15.8. The lowest BCUT2D eigenvalue weighted by Gasteiger charge is -2.18. The first-order valence-electron chi connectivity index (χ1n) is 10.3. The van der Waals surface area contributed by atoms with Crippen molar-refractivity contribution in [1.29, 1.82) is 0 Å². The van der Waals surface area contributed by atoms with Crippen LogP contribution in [0.1, 0.15) is 36.8 Å². The molecule has 0 saturated heterocycles. The first kappa shape index (κ1) is 20.5. The molecule has 0 saturated carbocycles. The Labute approximate surface area is 188 Å². The van der Waals surface area contributed by atoms with Gasteiger partial charge in [-0.05, 0) is 49.7 Å². The van der Waals surface area contributed by atoms with Crippen molar-refractivity contribution < 1.29 is 14.3 Å². The predicted octanol–water partition coefficient (Wildman–Crippen LogP) is 1.40. The van der Waals surface area contributed by atoms with Crippen LogP contribution in [-0.4, -0.2) is 53.2 Å². The molecule has 0 aliphatic carbocycles. The molecule has 5 rings (SSSR count). The van der Waals surface area contributed by atoms with Gasteiger partial charge in [-0.3, -0.25) is 9.59 Å². The quantitative estimate of drug-likeness (QED) is 0.478. The number of hydrogen-bond donors (Lipinski definition) is 2. The number of ether oxygens (including phenoxy) is 1. The van der Waals surface area contributed by atoms with Crippen molar-refractivity contribution in [3.8, 4) is 17.3 Å². The lowest BCUT2D eigenvalue weighted by atomic mass is 10.1. The van der Waals surface area contributed by atoms with E-state index in [2.05, 4.69) is 36.1 Å². The zero-order valence-corrected chi connectivity index (χ0v) is 18.2. The molecule has 0 unspecified atom stereocenters. The summed E-state index contributed by atoms with van der Waals surface area (Å²) in [6.07, 6.45) is 1.59. The van der Waals surface area contributed by atoms with E-state index in [1.807, 2.05) is 26.8 Å². The number of carbonyl (C=O) groups is 2.